The third-order valence-electron chi connectivity index (χ3n) is 1.58. The summed E-state index contributed by atoms with van der Waals surface area (Å²) in [6.45, 7) is -0.628. The Balaban J connectivity index is 2.81. The van der Waals surface area contributed by atoms with Crippen molar-refractivity contribution in [1.29, 1.82) is 0 Å². The highest BCUT2D eigenvalue weighted by atomic mass is 19.3. The van der Waals surface area contributed by atoms with Crippen LogP contribution in [0.25, 0.3) is 0 Å². The Kier molecular flexibility index (Phi) is 4.67. The van der Waals surface area contributed by atoms with Crippen LogP contribution in [0.15, 0.2) is 18.2 Å². The van der Waals surface area contributed by atoms with E-state index >= 15 is 0 Å². The molecule has 86 valence electrons. The average Bonchev–Trinajstić information content (AvgIpc) is 2.23. The smallest absolute Gasteiger partial charge is 0.272 e. The summed E-state index contributed by atoms with van der Waals surface area (Å²) in [5.41, 5.74) is 5.50. The normalized spacial score (nSPS) is 9.81. The van der Waals surface area contributed by atoms with E-state index in [1.807, 2.05) is 0 Å². The molecule has 0 saturated carbocycles. The Morgan fingerprint density at radius 2 is 2.06 bits per heavy atom. The lowest BCUT2D eigenvalue weighted by atomic mass is 10.2. The quantitative estimate of drug-likeness (QED) is 0.802. The minimum atomic E-state index is -2.60. The van der Waals surface area contributed by atoms with Crippen LogP contribution in [0.5, 0.6) is 5.75 Å². The molecular formula is C11H10F3NO. The zero-order chi connectivity index (χ0) is 12.0. The van der Waals surface area contributed by atoms with E-state index in [1.165, 1.54) is 12.1 Å². The molecular weight excluding hydrogens is 219 g/mol. The van der Waals surface area contributed by atoms with Crippen LogP contribution in [0.3, 0.4) is 0 Å². The molecule has 0 bridgehead atoms. The first-order chi connectivity index (χ1) is 7.61. The summed E-state index contributed by atoms with van der Waals surface area (Å²) < 4.78 is 41.4. The number of benzene rings is 1. The molecule has 0 aliphatic heterocycles. The van der Waals surface area contributed by atoms with Gasteiger partial charge in [0.2, 0.25) is 0 Å². The molecule has 0 heterocycles. The van der Waals surface area contributed by atoms with Crippen molar-refractivity contribution in [3.05, 3.63) is 29.6 Å². The van der Waals surface area contributed by atoms with Crippen molar-refractivity contribution >= 4 is 0 Å². The monoisotopic (exact) mass is 229 g/mol. The predicted molar refractivity (Wildman–Crippen MR) is 53.8 cm³/mol. The van der Waals surface area contributed by atoms with Crippen molar-refractivity contribution in [3.63, 3.8) is 0 Å². The summed E-state index contributed by atoms with van der Waals surface area (Å²) in [5.74, 6) is 4.56. The van der Waals surface area contributed by atoms with E-state index in [1.54, 1.807) is 0 Å². The van der Waals surface area contributed by atoms with Gasteiger partial charge < -0.3 is 10.5 Å². The summed E-state index contributed by atoms with van der Waals surface area (Å²) in [6.07, 6.45) is -2.60. The SMILES string of the molecule is NCC#Cc1cc(F)cc(OCC(F)F)c1. The maximum absolute atomic E-state index is 13.0. The number of hydrogen-bond acceptors (Lipinski definition) is 2. The molecule has 0 amide bonds. The first kappa shape index (κ1) is 12.4. The zero-order valence-electron chi connectivity index (χ0n) is 8.34. The Labute approximate surface area is 91.2 Å². The Morgan fingerprint density at radius 3 is 2.69 bits per heavy atom. The van der Waals surface area contributed by atoms with Crippen molar-refractivity contribution in [2.45, 2.75) is 6.43 Å². The van der Waals surface area contributed by atoms with E-state index in [-0.39, 0.29) is 12.3 Å². The van der Waals surface area contributed by atoms with Crippen LogP contribution in [-0.2, 0) is 0 Å². The van der Waals surface area contributed by atoms with Crippen molar-refractivity contribution in [3.8, 4) is 17.6 Å². The zero-order valence-corrected chi connectivity index (χ0v) is 8.34. The van der Waals surface area contributed by atoms with Gasteiger partial charge in [-0.25, -0.2) is 13.2 Å². The van der Waals surface area contributed by atoms with E-state index < -0.39 is 18.8 Å². The number of nitrogens with two attached hydrogens (primary N) is 1. The summed E-state index contributed by atoms with van der Waals surface area (Å²) in [4.78, 5) is 0. The van der Waals surface area contributed by atoms with Crippen LogP contribution in [-0.4, -0.2) is 19.6 Å². The minimum Gasteiger partial charge on any atom is -0.487 e. The van der Waals surface area contributed by atoms with Crippen molar-refractivity contribution in [2.24, 2.45) is 5.73 Å². The Bertz CT molecular complexity index is 409. The molecule has 0 saturated heterocycles. The average molecular weight is 229 g/mol. The molecule has 2 nitrogen and oxygen atoms in total. The van der Waals surface area contributed by atoms with Crippen LogP contribution in [0.4, 0.5) is 13.2 Å². The van der Waals surface area contributed by atoms with E-state index in [2.05, 4.69) is 16.6 Å². The van der Waals surface area contributed by atoms with Crippen molar-refractivity contribution < 1.29 is 17.9 Å². The summed E-state index contributed by atoms with van der Waals surface area (Å²) in [6, 6.07) is 3.59. The molecule has 0 unspecified atom stereocenters. The Hall–Kier alpha value is -1.67. The van der Waals surface area contributed by atoms with Crippen LogP contribution in [0, 0.1) is 17.7 Å². The van der Waals surface area contributed by atoms with Gasteiger partial charge in [0.1, 0.15) is 18.2 Å². The first-order valence-corrected chi connectivity index (χ1v) is 4.52. The molecule has 0 atom stereocenters. The molecule has 1 aromatic carbocycles. The standard InChI is InChI=1S/C11H10F3NO/c12-9-4-8(2-1-3-15)5-10(6-9)16-7-11(13)14/h4-6,11H,3,7,15H2. The van der Waals surface area contributed by atoms with Crippen molar-refractivity contribution in [1.82, 2.24) is 0 Å². The lowest BCUT2D eigenvalue weighted by Gasteiger charge is -2.05. The molecule has 0 aliphatic carbocycles. The van der Waals surface area contributed by atoms with Gasteiger partial charge in [0.25, 0.3) is 6.43 Å². The summed E-state index contributed by atoms with van der Waals surface area (Å²) >= 11 is 0. The molecule has 1 rings (SSSR count). The first-order valence-electron chi connectivity index (χ1n) is 4.52. The van der Waals surface area contributed by atoms with Gasteiger partial charge in [0, 0.05) is 11.6 Å². The molecule has 0 aliphatic rings. The second kappa shape index (κ2) is 6.03. The van der Waals surface area contributed by atoms with Crippen LogP contribution < -0.4 is 10.5 Å². The molecule has 0 aromatic heterocycles. The molecule has 2 N–H and O–H groups in total. The van der Waals surface area contributed by atoms with Gasteiger partial charge >= 0.3 is 0 Å². The molecule has 0 radical (unpaired) electrons. The van der Waals surface area contributed by atoms with Crippen LogP contribution >= 0.6 is 0 Å². The molecule has 16 heavy (non-hydrogen) atoms. The maximum Gasteiger partial charge on any atom is 0.272 e. The fourth-order valence-corrected chi connectivity index (χ4v) is 1.03. The van der Waals surface area contributed by atoms with E-state index in [0.717, 1.165) is 6.07 Å². The van der Waals surface area contributed by atoms with Gasteiger partial charge in [0.15, 0.2) is 0 Å². The topological polar surface area (TPSA) is 35.2 Å². The lowest BCUT2D eigenvalue weighted by Crippen LogP contribution is -2.07. The van der Waals surface area contributed by atoms with Gasteiger partial charge in [-0.3, -0.25) is 0 Å². The third kappa shape index (κ3) is 4.24. The number of halogens is 3. The van der Waals surface area contributed by atoms with Gasteiger partial charge in [-0.15, -0.1) is 0 Å². The van der Waals surface area contributed by atoms with Crippen LogP contribution in [0.1, 0.15) is 5.56 Å². The van der Waals surface area contributed by atoms with E-state index in [4.69, 9.17) is 5.73 Å². The lowest BCUT2D eigenvalue weighted by molar-refractivity contribution is 0.0817. The molecule has 0 fully saturated rings. The molecule has 0 spiro atoms. The van der Waals surface area contributed by atoms with Gasteiger partial charge in [0.05, 0.1) is 6.54 Å². The summed E-state index contributed by atoms with van der Waals surface area (Å²) in [7, 11) is 0. The number of ether oxygens (including phenoxy) is 1. The van der Waals surface area contributed by atoms with Gasteiger partial charge in [-0.1, -0.05) is 11.8 Å². The highest BCUT2D eigenvalue weighted by molar-refractivity contribution is 5.40. The third-order valence-corrected chi connectivity index (χ3v) is 1.58. The number of alkyl halides is 2. The van der Waals surface area contributed by atoms with E-state index in [0.29, 0.717) is 5.56 Å². The maximum atomic E-state index is 13.0. The highest BCUT2D eigenvalue weighted by Crippen LogP contribution is 2.16. The second-order valence-electron chi connectivity index (χ2n) is 2.88. The second-order valence-corrected chi connectivity index (χ2v) is 2.88. The highest BCUT2D eigenvalue weighted by Gasteiger charge is 2.05. The molecule has 5 heteroatoms. The number of rotatable bonds is 3. The number of hydrogen-bond donors (Lipinski definition) is 1. The molecule has 1 aromatic rings. The van der Waals surface area contributed by atoms with Crippen LogP contribution in [0.2, 0.25) is 0 Å². The van der Waals surface area contributed by atoms with E-state index in [9.17, 15) is 13.2 Å². The predicted octanol–water partition coefficient (Wildman–Crippen LogP) is 1.78. The van der Waals surface area contributed by atoms with Gasteiger partial charge in [-0.05, 0) is 12.1 Å². The van der Waals surface area contributed by atoms with Gasteiger partial charge in [-0.2, -0.15) is 0 Å². The fraction of sp³-hybridized carbons (Fsp3) is 0.273. The largest absolute Gasteiger partial charge is 0.487 e. The summed E-state index contributed by atoms with van der Waals surface area (Å²) in [5, 5.41) is 0. The van der Waals surface area contributed by atoms with Crippen molar-refractivity contribution in [2.75, 3.05) is 13.2 Å². The minimum absolute atomic E-state index is 0.0293. The Morgan fingerprint density at radius 1 is 1.31 bits per heavy atom. The fourth-order valence-electron chi connectivity index (χ4n) is 1.03.